The molecule has 1 aliphatic heterocycles. The molecule has 0 radical (unpaired) electrons. The smallest absolute Gasteiger partial charge is 0.317 e. The molecule has 2 rings (SSSR count). The molecule has 2 aliphatic rings. The van der Waals surface area contributed by atoms with Gasteiger partial charge in [-0.3, -0.25) is 14.6 Å². The van der Waals surface area contributed by atoms with Gasteiger partial charge in [0.1, 0.15) is 0 Å². The molecule has 1 heterocycles. The molecule has 0 amide bonds. The van der Waals surface area contributed by atoms with Gasteiger partial charge in [-0.1, -0.05) is 19.8 Å². The standard InChI is InChI=1S/C14H26N2O2/c1-12-5-2-3-6-13(12)16-8-4-7-15(9-10-16)11-14(17)18/h12-13H,2-11H2,1H3,(H,17,18). The topological polar surface area (TPSA) is 43.8 Å². The Kier molecular flexibility index (Phi) is 5.01. The van der Waals surface area contributed by atoms with E-state index < -0.39 is 5.97 Å². The highest BCUT2D eigenvalue weighted by molar-refractivity contribution is 5.69. The van der Waals surface area contributed by atoms with Crippen LogP contribution in [0.2, 0.25) is 0 Å². The lowest BCUT2D eigenvalue weighted by Gasteiger charge is -2.38. The maximum Gasteiger partial charge on any atom is 0.317 e. The fourth-order valence-electron chi connectivity index (χ4n) is 3.51. The first-order valence-electron chi connectivity index (χ1n) is 7.35. The first kappa shape index (κ1) is 13.8. The Balaban J connectivity index is 1.86. The van der Waals surface area contributed by atoms with Gasteiger partial charge in [0.25, 0.3) is 0 Å². The molecule has 0 aromatic heterocycles. The minimum atomic E-state index is -0.700. The van der Waals surface area contributed by atoms with Gasteiger partial charge in [-0.2, -0.15) is 0 Å². The van der Waals surface area contributed by atoms with Crippen molar-refractivity contribution in [2.45, 2.75) is 45.1 Å². The van der Waals surface area contributed by atoms with E-state index >= 15 is 0 Å². The second kappa shape index (κ2) is 6.53. The third kappa shape index (κ3) is 3.69. The monoisotopic (exact) mass is 254 g/mol. The van der Waals surface area contributed by atoms with Gasteiger partial charge in [0.2, 0.25) is 0 Å². The van der Waals surface area contributed by atoms with Crippen molar-refractivity contribution < 1.29 is 9.90 Å². The SMILES string of the molecule is CC1CCCCC1N1CCCN(CC(=O)O)CC1. The molecule has 0 bridgehead atoms. The Labute approximate surface area is 110 Å². The normalized spacial score (nSPS) is 32.1. The maximum absolute atomic E-state index is 10.8. The van der Waals surface area contributed by atoms with Gasteiger partial charge >= 0.3 is 5.97 Å². The molecule has 1 aliphatic carbocycles. The van der Waals surface area contributed by atoms with Crippen molar-refractivity contribution in [2.75, 3.05) is 32.7 Å². The zero-order chi connectivity index (χ0) is 13.0. The van der Waals surface area contributed by atoms with Crippen molar-refractivity contribution in [1.29, 1.82) is 0 Å². The molecule has 2 atom stereocenters. The predicted octanol–water partition coefficient (Wildman–Crippen LogP) is 1.66. The quantitative estimate of drug-likeness (QED) is 0.832. The van der Waals surface area contributed by atoms with E-state index in [0.717, 1.165) is 44.6 Å². The lowest BCUT2D eigenvalue weighted by atomic mass is 9.85. The zero-order valence-corrected chi connectivity index (χ0v) is 11.5. The molecule has 0 spiro atoms. The van der Waals surface area contributed by atoms with Crippen molar-refractivity contribution in [2.24, 2.45) is 5.92 Å². The van der Waals surface area contributed by atoms with Crippen LogP contribution in [0, 0.1) is 5.92 Å². The fraction of sp³-hybridized carbons (Fsp3) is 0.929. The van der Waals surface area contributed by atoms with Crippen LogP contribution in [0.3, 0.4) is 0 Å². The van der Waals surface area contributed by atoms with E-state index in [0.29, 0.717) is 0 Å². The fourth-order valence-corrected chi connectivity index (χ4v) is 3.51. The number of rotatable bonds is 3. The van der Waals surface area contributed by atoms with E-state index in [2.05, 4.69) is 16.7 Å². The molecule has 4 nitrogen and oxygen atoms in total. The molecule has 104 valence electrons. The van der Waals surface area contributed by atoms with Gasteiger partial charge in [0.15, 0.2) is 0 Å². The van der Waals surface area contributed by atoms with Crippen LogP contribution in [-0.4, -0.2) is 59.6 Å². The summed E-state index contributed by atoms with van der Waals surface area (Å²) in [5, 5.41) is 8.86. The summed E-state index contributed by atoms with van der Waals surface area (Å²) in [6, 6.07) is 0.739. The summed E-state index contributed by atoms with van der Waals surface area (Å²) in [5.74, 6) is 0.110. The van der Waals surface area contributed by atoms with E-state index in [1.807, 2.05) is 0 Å². The second-order valence-electron chi connectivity index (χ2n) is 5.89. The van der Waals surface area contributed by atoms with E-state index in [9.17, 15) is 4.79 Å². The summed E-state index contributed by atoms with van der Waals surface area (Å²) in [6.45, 7) is 6.62. The summed E-state index contributed by atoms with van der Waals surface area (Å²) in [7, 11) is 0. The molecule has 1 saturated heterocycles. The van der Waals surface area contributed by atoms with Crippen molar-refractivity contribution >= 4 is 5.97 Å². The van der Waals surface area contributed by atoms with Gasteiger partial charge < -0.3 is 5.11 Å². The van der Waals surface area contributed by atoms with Crippen LogP contribution in [0.4, 0.5) is 0 Å². The van der Waals surface area contributed by atoms with E-state index in [4.69, 9.17) is 5.11 Å². The molecule has 1 saturated carbocycles. The van der Waals surface area contributed by atoms with Crippen LogP contribution >= 0.6 is 0 Å². The van der Waals surface area contributed by atoms with Gasteiger partial charge in [-0.25, -0.2) is 0 Å². The lowest BCUT2D eigenvalue weighted by Crippen LogP contribution is -2.43. The summed E-state index contributed by atoms with van der Waals surface area (Å²) in [4.78, 5) is 15.5. The first-order chi connectivity index (χ1) is 8.66. The average molecular weight is 254 g/mol. The van der Waals surface area contributed by atoms with E-state index in [1.54, 1.807) is 0 Å². The molecule has 2 unspecified atom stereocenters. The molecule has 1 N–H and O–H groups in total. The van der Waals surface area contributed by atoms with Crippen LogP contribution in [0.15, 0.2) is 0 Å². The number of aliphatic carboxylic acids is 1. The Morgan fingerprint density at radius 3 is 2.61 bits per heavy atom. The van der Waals surface area contributed by atoms with Crippen LogP contribution in [0.5, 0.6) is 0 Å². The Hall–Kier alpha value is -0.610. The predicted molar refractivity (Wildman–Crippen MR) is 71.7 cm³/mol. The molecule has 2 fully saturated rings. The van der Waals surface area contributed by atoms with Gasteiger partial charge in [0.05, 0.1) is 6.54 Å². The van der Waals surface area contributed by atoms with Crippen molar-refractivity contribution in [3.63, 3.8) is 0 Å². The molecular weight excluding hydrogens is 228 g/mol. The molecule has 18 heavy (non-hydrogen) atoms. The van der Waals surface area contributed by atoms with Crippen LogP contribution in [0.25, 0.3) is 0 Å². The summed E-state index contributed by atoms with van der Waals surface area (Å²) >= 11 is 0. The Morgan fingerprint density at radius 1 is 1.11 bits per heavy atom. The Bertz CT molecular complexity index is 283. The number of carboxylic acids is 1. The van der Waals surface area contributed by atoms with Crippen molar-refractivity contribution in [1.82, 2.24) is 9.80 Å². The maximum atomic E-state index is 10.8. The third-order valence-corrected chi connectivity index (χ3v) is 4.52. The molecule has 0 aromatic carbocycles. The van der Waals surface area contributed by atoms with Crippen LogP contribution < -0.4 is 0 Å². The lowest BCUT2D eigenvalue weighted by molar-refractivity contribution is -0.138. The first-order valence-corrected chi connectivity index (χ1v) is 7.35. The molecule has 4 heteroatoms. The summed E-state index contributed by atoms with van der Waals surface area (Å²) in [5.41, 5.74) is 0. The molecule has 0 aromatic rings. The highest BCUT2D eigenvalue weighted by atomic mass is 16.4. The minimum absolute atomic E-state index is 0.202. The number of carboxylic acid groups (broad SMARTS) is 1. The largest absolute Gasteiger partial charge is 0.480 e. The number of hydrogen-bond donors (Lipinski definition) is 1. The molecular formula is C14H26N2O2. The van der Waals surface area contributed by atoms with E-state index in [1.165, 1.54) is 25.7 Å². The zero-order valence-electron chi connectivity index (χ0n) is 11.5. The minimum Gasteiger partial charge on any atom is -0.480 e. The van der Waals surface area contributed by atoms with Crippen LogP contribution in [0.1, 0.15) is 39.0 Å². The van der Waals surface area contributed by atoms with Gasteiger partial charge in [-0.15, -0.1) is 0 Å². The second-order valence-corrected chi connectivity index (χ2v) is 5.89. The van der Waals surface area contributed by atoms with E-state index in [-0.39, 0.29) is 6.54 Å². The van der Waals surface area contributed by atoms with Gasteiger partial charge in [-0.05, 0) is 31.7 Å². The number of nitrogens with zero attached hydrogens (tertiary/aromatic N) is 2. The average Bonchev–Trinajstić information content (AvgIpc) is 2.55. The Morgan fingerprint density at radius 2 is 1.89 bits per heavy atom. The van der Waals surface area contributed by atoms with Crippen molar-refractivity contribution in [3.05, 3.63) is 0 Å². The summed E-state index contributed by atoms with van der Waals surface area (Å²) in [6.07, 6.45) is 6.55. The highest BCUT2D eigenvalue weighted by Crippen LogP contribution is 2.28. The highest BCUT2D eigenvalue weighted by Gasteiger charge is 2.28. The van der Waals surface area contributed by atoms with Crippen molar-refractivity contribution in [3.8, 4) is 0 Å². The third-order valence-electron chi connectivity index (χ3n) is 4.52. The number of carbonyl (C=O) groups is 1. The number of hydrogen-bond acceptors (Lipinski definition) is 3. The summed E-state index contributed by atoms with van der Waals surface area (Å²) < 4.78 is 0. The van der Waals surface area contributed by atoms with Crippen LogP contribution in [-0.2, 0) is 4.79 Å². The van der Waals surface area contributed by atoms with Gasteiger partial charge in [0, 0.05) is 25.7 Å².